The van der Waals surface area contributed by atoms with Crippen LogP contribution in [0.1, 0.15) is 12.5 Å². The first-order chi connectivity index (χ1) is 12.9. The fourth-order valence-corrected chi connectivity index (χ4v) is 2.97. The van der Waals surface area contributed by atoms with Crippen LogP contribution in [-0.4, -0.2) is 48.3 Å². The zero-order valence-corrected chi connectivity index (χ0v) is 15.2. The second-order valence-electron chi connectivity index (χ2n) is 6.48. The Labute approximate surface area is 157 Å². The number of hydrogen-bond acceptors (Lipinski definition) is 5. The van der Waals surface area contributed by atoms with E-state index in [9.17, 15) is 14.7 Å². The first kappa shape index (κ1) is 18.7. The van der Waals surface area contributed by atoms with Gasteiger partial charge in [0.1, 0.15) is 29.7 Å². The van der Waals surface area contributed by atoms with E-state index >= 15 is 0 Å². The lowest BCUT2D eigenvalue weighted by Gasteiger charge is -2.23. The van der Waals surface area contributed by atoms with Crippen molar-refractivity contribution >= 4 is 11.9 Å². The Hall–Kier alpha value is -3.06. The molecule has 0 radical (unpaired) electrons. The summed E-state index contributed by atoms with van der Waals surface area (Å²) in [6.45, 7) is 1.45. The third-order valence-corrected chi connectivity index (χ3v) is 4.50. The van der Waals surface area contributed by atoms with Gasteiger partial charge < -0.3 is 19.9 Å². The van der Waals surface area contributed by atoms with Gasteiger partial charge in [-0.05, 0) is 36.8 Å². The molecule has 3 rings (SSSR count). The number of amides is 3. The van der Waals surface area contributed by atoms with Crippen LogP contribution in [0.15, 0.2) is 54.6 Å². The number of para-hydroxylation sites is 1. The second-order valence-corrected chi connectivity index (χ2v) is 6.48. The average Bonchev–Trinajstić information content (AvgIpc) is 2.91. The molecule has 2 atom stereocenters. The molecule has 7 nitrogen and oxygen atoms in total. The summed E-state index contributed by atoms with van der Waals surface area (Å²) in [7, 11) is 1.53. The molecule has 0 aliphatic carbocycles. The molecule has 1 aliphatic heterocycles. The summed E-state index contributed by atoms with van der Waals surface area (Å²) in [5.41, 5.74) is -0.608. The summed E-state index contributed by atoms with van der Waals surface area (Å²) in [5, 5.41) is 12.9. The summed E-state index contributed by atoms with van der Waals surface area (Å²) >= 11 is 0. The third-order valence-electron chi connectivity index (χ3n) is 4.50. The molecule has 1 heterocycles. The molecule has 2 N–H and O–H groups in total. The van der Waals surface area contributed by atoms with Crippen molar-refractivity contribution < 1.29 is 24.2 Å². The van der Waals surface area contributed by atoms with Gasteiger partial charge in [-0.25, -0.2) is 4.79 Å². The standard InChI is InChI=1S/C20H22N2O5/c1-20(14-7-6-10-17(11-14)26-2)18(24)22(19(25)21-20)12-15(23)13-27-16-8-4-3-5-9-16/h3-11,15,23H,12-13H2,1-2H3,(H,21,25)/t15-,20-/m0/s1. The number of rotatable bonds is 7. The number of benzene rings is 2. The van der Waals surface area contributed by atoms with Gasteiger partial charge in [0.15, 0.2) is 0 Å². The van der Waals surface area contributed by atoms with Crippen molar-refractivity contribution in [2.24, 2.45) is 0 Å². The van der Waals surface area contributed by atoms with E-state index in [2.05, 4.69) is 5.32 Å². The third kappa shape index (κ3) is 3.88. The Bertz CT molecular complexity index is 826. The van der Waals surface area contributed by atoms with Crippen molar-refractivity contribution in [1.29, 1.82) is 0 Å². The topological polar surface area (TPSA) is 88.1 Å². The molecule has 1 saturated heterocycles. The summed E-state index contributed by atoms with van der Waals surface area (Å²) in [6, 6.07) is 15.4. The smallest absolute Gasteiger partial charge is 0.325 e. The van der Waals surface area contributed by atoms with Crippen LogP contribution in [0.3, 0.4) is 0 Å². The van der Waals surface area contributed by atoms with Gasteiger partial charge in [0.05, 0.1) is 13.7 Å². The lowest BCUT2D eigenvalue weighted by molar-refractivity contribution is -0.132. The maximum absolute atomic E-state index is 12.9. The van der Waals surface area contributed by atoms with Crippen molar-refractivity contribution in [1.82, 2.24) is 10.2 Å². The highest BCUT2D eigenvalue weighted by atomic mass is 16.5. The molecule has 7 heteroatoms. The maximum Gasteiger partial charge on any atom is 0.325 e. The highest BCUT2D eigenvalue weighted by molar-refractivity contribution is 6.07. The van der Waals surface area contributed by atoms with Gasteiger partial charge in [-0.2, -0.15) is 0 Å². The number of nitrogens with zero attached hydrogens (tertiary/aromatic N) is 1. The van der Waals surface area contributed by atoms with E-state index in [1.807, 2.05) is 18.2 Å². The number of nitrogens with one attached hydrogen (secondary N) is 1. The molecule has 0 bridgehead atoms. The predicted molar refractivity (Wildman–Crippen MR) is 98.5 cm³/mol. The number of aliphatic hydroxyl groups excluding tert-OH is 1. The monoisotopic (exact) mass is 370 g/mol. The minimum absolute atomic E-state index is 0.0308. The number of urea groups is 1. The van der Waals surface area contributed by atoms with E-state index in [1.54, 1.807) is 43.3 Å². The quantitative estimate of drug-likeness (QED) is 0.727. The lowest BCUT2D eigenvalue weighted by atomic mass is 9.92. The van der Waals surface area contributed by atoms with Crippen LogP contribution in [0.4, 0.5) is 4.79 Å². The van der Waals surface area contributed by atoms with Gasteiger partial charge >= 0.3 is 6.03 Å². The Morgan fingerprint density at radius 3 is 2.52 bits per heavy atom. The van der Waals surface area contributed by atoms with E-state index in [4.69, 9.17) is 9.47 Å². The average molecular weight is 370 g/mol. The second kappa shape index (κ2) is 7.67. The van der Waals surface area contributed by atoms with Crippen LogP contribution >= 0.6 is 0 Å². The van der Waals surface area contributed by atoms with Crippen LogP contribution in [0, 0.1) is 0 Å². The Balaban J connectivity index is 1.68. The molecule has 0 saturated carbocycles. The number of imide groups is 1. The fraction of sp³-hybridized carbons (Fsp3) is 0.300. The zero-order chi connectivity index (χ0) is 19.4. The van der Waals surface area contributed by atoms with Crippen LogP contribution < -0.4 is 14.8 Å². The normalized spacial score (nSPS) is 20.3. The molecule has 27 heavy (non-hydrogen) atoms. The Morgan fingerprint density at radius 2 is 1.81 bits per heavy atom. The van der Waals surface area contributed by atoms with Gasteiger partial charge in [-0.1, -0.05) is 30.3 Å². The molecular weight excluding hydrogens is 348 g/mol. The first-order valence-corrected chi connectivity index (χ1v) is 8.58. The molecule has 0 aromatic heterocycles. The maximum atomic E-state index is 12.9. The van der Waals surface area contributed by atoms with E-state index < -0.39 is 23.6 Å². The summed E-state index contributed by atoms with van der Waals surface area (Å²) in [4.78, 5) is 26.3. The van der Waals surface area contributed by atoms with Crippen LogP contribution in [0.25, 0.3) is 0 Å². The van der Waals surface area contributed by atoms with Crippen molar-refractivity contribution in [3.63, 3.8) is 0 Å². The summed E-state index contributed by atoms with van der Waals surface area (Å²) in [5.74, 6) is 0.764. The summed E-state index contributed by atoms with van der Waals surface area (Å²) < 4.78 is 10.7. The van der Waals surface area contributed by atoms with Crippen LogP contribution in [0.5, 0.6) is 11.5 Å². The lowest BCUT2D eigenvalue weighted by Crippen LogP contribution is -2.42. The highest BCUT2D eigenvalue weighted by Gasteiger charge is 2.49. The molecule has 0 unspecified atom stereocenters. The highest BCUT2D eigenvalue weighted by Crippen LogP contribution is 2.31. The van der Waals surface area contributed by atoms with Crippen molar-refractivity contribution in [2.75, 3.05) is 20.3 Å². The summed E-state index contributed by atoms with van der Waals surface area (Å²) in [6.07, 6.45) is -1.01. The van der Waals surface area contributed by atoms with Gasteiger partial charge in [0.25, 0.3) is 5.91 Å². The molecule has 0 spiro atoms. The zero-order valence-electron chi connectivity index (χ0n) is 15.2. The molecule has 2 aromatic carbocycles. The number of aliphatic hydroxyl groups is 1. The SMILES string of the molecule is COc1cccc([C@]2(C)NC(=O)N(C[C@H](O)COc3ccccc3)C2=O)c1. The van der Waals surface area contributed by atoms with Crippen LogP contribution in [-0.2, 0) is 10.3 Å². The van der Waals surface area contributed by atoms with Gasteiger partial charge in [0.2, 0.25) is 0 Å². The Kier molecular flexibility index (Phi) is 5.32. The van der Waals surface area contributed by atoms with Crippen molar-refractivity contribution in [2.45, 2.75) is 18.6 Å². The predicted octanol–water partition coefficient (Wildman–Crippen LogP) is 1.90. The Morgan fingerprint density at radius 1 is 1.11 bits per heavy atom. The first-order valence-electron chi connectivity index (χ1n) is 8.58. The minimum Gasteiger partial charge on any atom is -0.497 e. The number of carbonyl (C=O) groups is 2. The molecule has 142 valence electrons. The fourth-order valence-electron chi connectivity index (χ4n) is 2.97. The molecular formula is C20H22N2O5. The van der Waals surface area contributed by atoms with Crippen LogP contribution in [0.2, 0.25) is 0 Å². The van der Waals surface area contributed by atoms with E-state index in [1.165, 1.54) is 7.11 Å². The number of carbonyl (C=O) groups excluding carboxylic acids is 2. The number of methoxy groups -OCH3 is 1. The van der Waals surface area contributed by atoms with Gasteiger partial charge in [-0.3, -0.25) is 9.69 Å². The molecule has 3 amide bonds. The van der Waals surface area contributed by atoms with E-state index in [-0.39, 0.29) is 13.2 Å². The van der Waals surface area contributed by atoms with Crippen molar-refractivity contribution in [3.8, 4) is 11.5 Å². The molecule has 2 aromatic rings. The van der Waals surface area contributed by atoms with Crippen molar-refractivity contribution in [3.05, 3.63) is 60.2 Å². The molecule has 1 aliphatic rings. The number of ether oxygens (including phenoxy) is 2. The number of β-amino-alcohol motifs (C(OH)–C–C–N with tert-alkyl or cyclic N) is 1. The van der Waals surface area contributed by atoms with Gasteiger partial charge in [-0.15, -0.1) is 0 Å². The van der Waals surface area contributed by atoms with E-state index in [0.717, 1.165) is 4.90 Å². The van der Waals surface area contributed by atoms with Gasteiger partial charge in [0, 0.05) is 0 Å². The number of hydrogen-bond donors (Lipinski definition) is 2. The largest absolute Gasteiger partial charge is 0.497 e. The molecule has 1 fully saturated rings. The minimum atomic E-state index is -1.22. The van der Waals surface area contributed by atoms with E-state index in [0.29, 0.717) is 17.1 Å².